The van der Waals surface area contributed by atoms with Gasteiger partial charge < -0.3 is 4.74 Å². The van der Waals surface area contributed by atoms with E-state index in [1.165, 1.54) is 0 Å². The summed E-state index contributed by atoms with van der Waals surface area (Å²) in [6.45, 7) is -2.38. The molecular formula is C13H16F8O2. The van der Waals surface area contributed by atoms with Crippen LogP contribution in [0.15, 0.2) is 0 Å². The molecule has 136 valence electrons. The summed E-state index contributed by atoms with van der Waals surface area (Å²) in [5.41, 5.74) is 0. The molecule has 0 aromatic rings. The first kappa shape index (κ1) is 20.0. The van der Waals surface area contributed by atoms with Crippen LogP contribution >= 0.6 is 0 Å². The summed E-state index contributed by atoms with van der Waals surface area (Å²) in [4.78, 5) is 11.2. The van der Waals surface area contributed by atoms with Gasteiger partial charge >= 0.3 is 30.2 Å². The number of alkyl halides is 8. The van der Waals surface area contributed by atoms with Crippen LogP contribution < -0.4 is 0 Å². The summed E-state index contributed by atoms with van der Waals surface area (Å²) in [6, 6.07) is 0. The molecular weight excluding hydrogens is 340 g/mol. The van der Waals surface area contributed by atoms with Gasteiger partial charge in [-0.3, -0.25) is 4.79 Å². The number of rotatable bonds is 8. The normalized spacial score (nSPS) is 17.8. The molecule has 1 rings (SSSR count). The summed E-state index contributed by atoms with van der Waals surface area (Å²) in [6.07, 6.45) is -1.36. The highest BCUT2D eigenvalue weighted by Gasteiger charge is 2.75. The van der Waals surface area contributed by atoms with E-state index in [0.717, 1.165) is 25.7 Å². The molecule has 10 heteroatoms. The molecule has 0 spiro atoms. The number of carbonyl (C=O) groups excluding carboxylic acids is 1. The highest BCUT2D eigenvalue weighted by Crippen LogP contribution is 2.48. The Morgan fingerprint density at radius 1 is 1.04 bits per heavy atom. The van der Waals surface area contributed by atoms with E-state index in [2.05, 4.69) is 4.74 Å². The Labute approximate surface area is 127 Å². The Bertz CT molecular complexity index is 405. The molecule has 1 fully saturated rings. The molecule has 0 amide bonds. The van der Waals surface area contributed by atoms with E-state index in [1.807, 2.05) is 0 Å². The zero-order valence-corrected chi connectivity index (χ0v) is 11.9. The van der Waals surface area contributed by atoms with Crippen molar-refractivity contribution in [3.05, 3.63) is 0 Å². The largest absolute Gasteiger partial charge is 0.459 e. The minimum atomic E-state index is -6.35. The third kappa shape index (κ3) is 4.47. The van der Waals surface area contributed by atoms with Gasteiger partial charge in [-0.05, 0) is 12.3 Å². The number of carbonyl (C=O) groups is 1. The quantitative estimate of drug-likeness (QED) is 0.467. The Morgan fingerprint density at radius 3 is 2.04 bits per heavy atom. The first-order valence-corrected chi connectivity index (χ1v) is 6.99. The van der Waals surface area contributed by atoms with Gasteiger partial charge in [0, 0.05) is 6.42 Å². The van der Waals surface area contributed by atoms with Crippen molar-refractivity contribution in [3.63, 3.8) is 0 Å². The molecule has 0 heterocycles. The lowest BCUT2D eigenvalue weighted by Crippen LogP contribution is -2.59. The number of ether oxygens (including phenoxy) is 1. The maximum Gasteiger partial charge on any atom is 0.381 e. The fourth-order valence-electron chi connectivity index (χ4n) is 2.34. The number of esters is 1. The van der Waals surface area contributed by atoms with E-state index < -0.39 is 36.8 Å². The predicted molar refractivity (Wildman–Crippen MR) is 63.0 cm³/mol. The Balaban J connectivity index is 2.54. The van der Waals surface area contributed by atoms with Crippen molar-refractivity contribution in [3.8, 4) is 0 Å². The van der Waals surface area contributed by atoms with Crippen LogP contribution in [0.1, 0.15) is 38.5 Å². The Kier molecular flexibility index (Phi) is 6.25. The average molecular weight is 356 g/mol. The molecule has 0 N–H and O–H groups in total. The zero-order valence-electron chi connectivity index (χ0n) is 11.9. The van der Waals surface area contributed by atoms with Crippen LogP contribution in [0.4, 0.5) is 35.1 Å². The van der Waals surface area contributed by atoms with Gasteiger partial charge in [-0.1, -0.05) is 25.7 Å². The van der Waals surface area contributed by atoms with Gasteiger partial charge in [-0.15, -0.1) is 0 Å². The molecule has 0 aromatic carbocycles. The van der Waals surface area contributed by atoms with Gasteiger partial charge in [0.2, 0.25) is 0 Å². The van der Waals surface area contributed by atoms with Gasteiger partial charge in [-0.25, -0.2) is 8.78 Å². The molecule has 23 heavy (non-hydrogen) atoms. The van der Waals surface area contributed by atoms with Crippen LogP contribution in [0, 0.1) is 5.92 Å². The molecule has 0 aliphatic heterocycles. The second-order valence-corrected chi connectivity index (χ2v) is 5.55. The fraction of sp³-hybridized carbons (Fsp3) is 0.923. The Hall–Kier alpha value is -1.09. The Morgan fingerprint density at radius 2 is 1.57 bits per heavy atom. The highest BCUT2D eigenvalue weighted by atomic mass is 19.4. The smallest absolute Gasteiger partial charge is 0.381 e. The topological polar surface area (TPSA) is 26.3 Å². The van der Waals surface area contributed by atoms with Gasteiger partial charge in [-0.2, -0.15) is 26.3 Å². The van der Waals surface area contributed by atoms with Crippen molar-refractivity contribution in [2.75, 3.05) is 6.61 Å². The third-order valence-electron chi connectivity index (χ3n) is 3.80. The van der Waals surface area contributed by atoms with Crippen LogP contribution in [0.3, 0.4) is 0 Å². The molecule has 0 radical (unpaired) electrons. The number of halogens is 8. The molecule has 0 atom stereocenters. The van der Waals surface area contributed by atoms with Crippen molar-refractivity contribution in [1.82, 2.24) is 0 Å². The van der Waals surface area contributed by atoms with E-state index in [1.54, 1.807) is 0 Å². The molecule has 0 bridgehead atoms. The molecule has 1 aliphatic carbocycles. The summed E-state index contributed by atoms with van der Waals surface area (Å²) in [5, 5.41) is 0. The summed E-state index contributed by atoms with van der Waals surface area (Å²) in [5.74, 6) is -19.3. The molecule has 1 saturated carbocycles. The molecule has 0 unspecified atom stereocenters. The van der Waals surface area contributed by atoms with Crippen molar-refractivity contribution >= 4 is 5.97 Å². The summed E-state index contributed by atoms with van der Waals surface area (Å²) < 4.78 is 105. The molecule has 0 aromatic heterocycles. The van der Waals surface area contributed by atoms with Gasteiger partial charge in [0.15, 0.2) is 6.61 Å². The van der Waals surface area contributed by atoms with Crippen molar-refractivity contribution < 1.29 is 44.7 Å². The second-order valence-electron chi connectivity index (χ2n) is 5.55. The lowest BCUT2D eigenvalue weighted by Gasteiger charge is -2.31. The first-order valence-electron chi connectivity index (χ1n) is 6.99. The van der Waals surface area contributed by atoms with Crippen molar-refractivity contribution in [2.45, 2.75) is 62.7 Å². The summed E-state index contributed by atoms with van der Waals surface area (Å²) >= 11 is 0. The standard InChI is InChI=1S/C13H16F8O2/c14-10(15)12(18,19)13(20,21)11(16,17)7-23-9(22)6-5-8-3-1-2-4-8/h8,10H,1-7H2. The van der Waals surface area contributed by atoms with Crippen LogP contribution in [0.5, 0.6) is 0 Å². The maximum atomic E-state index is 13.1. The monoisotopic (exact) mass is 356 g/mol. The maximum absolute atomic E-state index is 13.1. The first-order chi connectivity index (χ1) is 10.4. The third-order valence-corrected chi connectivity index (χ3v) is 3.80. The summed E-state index contributed by atoms with van der Waals surface area (Å²) in [7, 11) is 0. The SMILES string of the molecule is O=C(CCC1CCCC1)OCC(F)(F)C(F)(F)C(F)(F)C(F)F. The molecule has 2 nitrogen and oxygen atoms in total. The van der Waals surface area contributed by atoms with E-state index in [0.29, 0.717) is 6.42 Å². The van der Waals surface area contributed by atoms with Gasteiger partial charge in [0.1, 0.15) is 0 Å². The van der Waals surface area contributed by atoms with E-state index in [9.17, 15) is 39.9 Å². The van der Waals surface area contributed by atoms with Crippen molar-refractivity contribution in [2.24, 2.45) is 5.92 Å². The van der Waals surface area contributed by atoms with E-state index in [-0.39, 0.29) is 12.3 Å². The van der Waals surface area contributed by atoms with Crippen LogP contribution in [-0.4, -0.2) is 36.8 Å². The molecule has 1 aliphatic rings. The van der Waals surface area contributed by atoms with Gasteiger partial charge in [0.25, 0.3) is 0 Å². The minimum Gasteiger partial charge on any atom is -0.459 e. The fourth-order valence-corrected chi connectivity index (χ4v) is 2.34. The van der Waals surface area contributed by atoms with Gasteiger partial charge in [0.05, 0.1) is 0 Å². The zero-order chi connectivity index (χ0) is 17.9. The second kappa shape index (κ2) is 7.21. The van der Waals surface area contributed by atoms with Crippen LogP contribution in [-0.2, 0) is 9.53 Å². The highest BCUT2D eigenvalue weighted by molar-refractivity contribution is 5.69. The number of hydrogen-bond donors (Lipinski definition) is 0. The van der Waals surface area contributed by atoms with E-state index >= 15 is 0 Å². The number of hydrogen-bond acceptors (Lipinski definition) is 2. The average Bonchev–Trinajstić information content (AvgIpc) is 2.95. The van der Waals surface area contributed by atoms with Crippen LogP contribution in [0.25, 0.3) is 0 Å². The van der Waals surface area contributed by atoms with Crippen LogP contribution in [0.2, 0.25) is 0 Å². The lowest BCUT2D eigenvalue weighted by atomic mass is 10.0. The predicted octanol–water partition coefficient (Wildman–Crippen LogP) is 4.67. The molecule has 0 saturated heterocycles. The lowest BCUT2D eigenvalue weighted by molar-refractivity contribution is -0.344. The minimum absolute atomic E-state index is 0.202. The van der Waals surface area contributed by atoms with E-state index in [4.69, 9.17) is 0 Å². The van der Waals surface area contributed by atoms with Crippen molar-refractivity contribution in [1.29, 1.82) is 0 Å².